The molecule has 6 heteroatoms. The highest BCUT2D eigenvalue weighted by molar-refractivity contribution is 7.92. The van der Waals surface area contributed by atoms with Crippen LogP contribution in [0.15, 0.2) is 47.4 Å². The first-order valence-corrected chi connectivity index (χ1v) is 7.28. The summed E-state index contributed by atoms with van der Waals surface area (Å²) >= 11 is 0. The quantitative estimate of drug-likeness (QED) is 0.847. The fourth-order valence-electron chi connectivity index (χ4n) is 1.73. The second-order valence-corrected chi connectivity index (χ2v) is 5.97. The maximum absolute atomic E-state index is 12.2. The van der Waals surface area contributed by atoms with Crippen molar-refractivity contribution in [2.45, 2.75) is 11.8 Å². The van der Waals surface area contributed by atoms with E-state index in [1.54, 1.807) is 6.92 Å². The third-order valence-electron chi connectivity index (χ3n) is 2.78. The minimum absolute atomic E-state index is 0.0299. The van der Waals surface area contributed by atoms with Gasteiger partial charge >= 0.3 is 0 Å². The van der Waals surface area contributed by atoms with Gasteiger partial charge in [0.2, 0.25) is 0 Å². The van der Waals surface area contributed by atoms with Crippen molar-refractivity contribution in [2.75, 3.05) is 4.72 Å². The number of nitrogens with one attached hydrogen (secondary N) is 1. The summed E-state index contributed by atoms with van der Waals surface area (Å²) in [5.74, 6) is -0.0299. The molecule has 0 atom stereocenters. The summed E-state index contributed by atoms with van der Waals surface area (Å²) in [5, 5.41) is 9.32. The van der Waals surface area contributed by atoms with Crippen LogP contribution in [0.1, 0.15) is 15.9 Å². The minimum atomic E-state index is -3.75. The van der Waals surface area contributed by atoms with E-state index < -0.39 is 10.0 Å². The van der Waals surface area contributed by atoms with Crippen LogP contribution in [0.5, 0.6) is 5.75 Å². The van der Waals surface area contributed by atoms with Gasteiger partial charge in [-0.15, -0.1) is 0 Å². The van der Waals surface area contributed by atoms with Crippen molar-refractivity contribution in [3.8, 4) is 5.75 Å². The molecule has 0 unspecified atom stereocenters. The standard InChI is InChI=1S/C14H13NO4S/c1-10-7-14(6-5-11(10)9-16)20(18,19)15-12-3-2-4-13(17)8-12/h2-9,15,17H,1H3. The number of hydrogen-bond donors (Lipinski definition) is 2. The number of aryl methyl sites for hydroxylation is 1. The van der Waals surface area contributed by atoms with Crippen LogP contribution in [0.25, 0.3) is 0 Å². The average molecular weight is 291 g/mol. The molecule has 0 saturated carbocycles. The molecule has 0 heterocycles. The van der Waals surface area contributed by atoms with Gasteiger partial charge in [0.1, 0.15) is 12.0 Å². The Labute approximate surface area is 116 Å². The molecule has 0 fully saturated rings. The number of carbonyl (C=O) groups is 1. The van der Waals surface area contributed by atoms with Crippen molar-refractivity contribution < 1.29 is 18.3 Å². The Morgan fingerprint density at radius 2 is 1.90 bits per heavy atom. The Morgan fingerprint density at radius 1 is 1.15 bits per heavy atom. The highest BCUT2D eigenvalue weighted by Gasteiger charge is 2.15. The van der Waals surface area contributed by atoms with Crippen LogP contribution in [0, 0.1) is 6.92 Å². The molecule has 0 saturated heterocycles. The summed E-state index contributed by atoms with van der Waals surface area (Å²) in [6.45, 7) is 1.66. The molecule has 0 aliphatic rings. The number of carbonyl (C=O) groups excluding carboxylic acids is 1. The van der Waals surface area contributed by atoms with E-state index >= 15 is 0 Å². The second-order valence-electron chi connectivity index (χ2n) is 4.29. The molecule has 0 aliphatic heterocycles. The van der Waals surface area contributed by atoms with Crippen LogP contribution in [-0.4, -0.2) is 19.8 Å². The molecule has 20 heavy (non-hydrogen) atoms. The van der Waals surface area contributed by atoms with Crippen molar-refractivity contribution in [1.82, 2.24) is 0 Å². The van der Waals surface area contributed by atoms with Crippen molar-refractivity contribution in [2.24, 2.45) is 0 Å². The lowest BCUT2D eigenvalue weighted by Crippen LogP contribution is -2.13. The molecular weight excluding hydrogens is 278 g/mol. The number of rotatable bonds is 4. The minimum Gasteiger partial charge on any atom is -0.508 e. The molecular formula is C14H13NO4S. The third-order valence-corrected chi connectivity index (χ3v) is 4.16. The van der Waals surface area contributed by atoms with E-state index in [4.69, 9.17) is 0 Å². The first-order valence-electron chi connectivity index (χ1n) is 5.80. The molecule has 5 nitrogen and oxygen atoms in total. The molecule has 0 radical (unpaired) electrons. The van der Waals surface area contributed by atoms with Crippen LogP contribution in [0.2, 0.25) is 0 Å². The van der Waals surface area contributed by atoms with Gasteiger partial charge in [0, 0.05) is 11.6 Å². The van der Waals surface area contributed by atoms with Gasteiger partial charge in [-0.3, -0.25) is 9.52 Å². The summed E-state index contributed by atoms with van der Waals surface area (Å²) in [7, 11) is -3.75. The fraction of sp³-hybridized carbons (Fsp3) is 0.0714. The topological polar surface area (TPSA) is 83.5 Å². The maximum Gasteiger partial charge on any atom is 0.261 e. The average Bonchev–Trinajstić information content (AvgIpc) is 2.38. The first kappa shape index (κ1) is 14.1. The molecule has 0 aliphatic carbocycles. The molecule has 104 valence electrons. The Kier molecular flexibility index (Phi) is 3.76. The van der Waals surface area contributed by atoms with Crippen molar-refractivity contribution >= 4 is 22.0 Å². The summed E-state index contributed by atoms with van der Waals surface area (Å²) in [6.07, 6.45) is 0.675. The van der Waals surface area contributed by atoms with Gasteiger partial charge in [-0.05, 0) is 36.8 Å². The SMILES string of the molecule is Cc1cc(S(=O)(=O)Nc2cccc(O)c2)ccc1C=O. The van der Waals surface area contributed by atoms with Crippen molar-refractivity contribution in [3.05, 3.63) is 53.6 Å². The van der Waals surface area contributed by atoms with E-state index in [9.17, 15) is 18.3 Å². The number of aldehydes is 1. The molecule has 2 N–H and O–H groups in total. The van der Waals surface area contributed by atoms with Gasteiger partial charge < -0.3 is 5.11 Å². The smallest absolute Gasteiger partial charge is 0.261 e. The zero-order chi connectivity index (χ0) is 14.8. The summed E-state index contributed by atoms with van der Waals surface area (Å²) in [5.41, 5.74) is 1.29. The molecule has 0 amide bonds. The van der Waals surface area contributed by atoms with Gasteiger partial charge in [0.05, 0.1) is 10.6 Å². The lowest BCUT2D eigenvalue weighted by molar-refractivity contribution is 0.112. The normalized spacial score (nSPS) is 11.1. The van der Waals surface area contributed by atoms with Crippen LogP contribution >= 0.6 is 0 Å². The zero-order valence-corrected chi connectivity index (χ0v) is 11.5. The second kappa shape index (κ2) is 5.34. The Balaban J connectivity index is 2.35. The van der Waals surface area contributed by atoms with E-state index in [-0.39, 0.29) is 16.3 Å². The number of sulfonamides is 1. The highest BCUT2D eigenvalue weighted by atomic mass is 32.2. The summed E-state index contributed by atoms with van der Waals surface area (Å²) < 4.78 is 26.7. The number of hydrogen-bond acceptors (Lipinski definition) is 4. The lowest BCUT2D eigenvalue weighted by Gasteiger charge is -2.09. The molecule has 2 aromatic carbocycles. The lowest BCUT2D eigenvalue weighted by atomic mass is 10.1. The Morgan fingerprint density at radius 3 is 2.50 bits per heavy atom. The molecule has 2 aromatic rings. The first-order chi connectivity index (χ1) is 9.42. The summed E-state index contributed by atoms with van der Waals surface area (Å²) in [6, 6.07) is 10.1. The van der Waals surface area contributed by atoms with Crippen molar-refractivity contribution in [3.63, 3.8) is 0 Å². The Hall–Kier alpha value is -2.34. The van der Waals surface area contributed by atoms with Gasteiger partial charge in [-0.2, -0.15) is 0 Å². The van der Waals surface area contributed by atoms with E-state index in [1.165, 1.54) is 42.5 Å². The number of phenols is 1. The molecule has 2 rings (SSSR count). The van der Waals surface area contributed by atoms with Gasteiger partial charge in [-0.1, -0.05) is 12.1 Å². The highest BCUT2D eigenvalue weighted by Crippen LogP contribution is 2.21. The monoisotopic (exact) mass is 291 g/mol. The number of aromatic hydroxyl groups is 1. The van der Waals surface area contributed by atoms with Gasteiger partial charge in [0.15, 0.2) is 0 Å². The molecule has 0 aromatic heterocycles. The number of phenolic OH excluding ortho intramolecular Hbond substituents is 1. The Bertz CT molecular complexity index is 754. The van der Waals surface area contributed by atoms with E-state index in [0.29, 0.717) is 17.4 Å². The fourth-order valence-corrected chi connectivity index (χ4v) is 2.87. The third kappa shape index (κ3) is 2.97. The van der Waals surface area contributed by atoms with Crippen LogP contribution in [0.4, 0.5) is 5.69 Å². The predicted molar refractivity (Wildman–Crippen MR) is 75.5 cm³/mol. The maximum atomic E-state index is 12.2. The zero-order valence-electron chi connectivity index (χ0n) is 10.7. The summed E-state index contributed by atoms with van der Waals surface area (Å²) in [4.78, 5) is 10.8. The van der Waals surface area contributed by atoms with E-state index in [1.807, 2.05) is 0 Å². The predicted octanol–water partition coefficient (Wildman–Crippen LogP) is 2.31. The van der Waals surface area contributed by atoms with Gasteiger partial charge in [0.25, 0.3) is 10.0 Å². The van der Waals surface area contributed by atoms with Crippen molar-refractivity contribution in [1.29, 1.82) is 0 Å². The van der Waals surface area contributed by atoms with Gasteiger partial charge in [-0.25, -0.2) is 8.42 Å². The van der Waals surface area contributed by atoms with E-state index in [0.717, 1.165) is 0 Å². The van der Waals surface area contributed by atoms with Crippen LogP contribution in [0.3, 0.4) is 0 Å². The van der Waals surface area contributed by atoms with Crippen LogP contribution < -0.4 is 4.72 Å². The number of benzene rings is 2. The number of anilines is 1. The van der Waals surface area contributed by atoms with E-state index in [2.05, 4.69) is 4.72 Å². The molecule has 0 bridgehead atoms. The molecule has 0 spiro atoms. The largest absolute Gasteiger partial charge is 0.508 e. The van der Waals surface area contributed by atoms with Crippen LogP contribution in [-0.2, 0) is 10.0 Å².